The highest BCUT2D eigenvalue weighted by Crippen LogP contribution is 2.43. The van der Waals surface area contributed by atoms with E-state index in [0.717, 1.165) is 0 Å². The van der Waals surface area contributed by atoms with E-state index in [4.69, 9.17) is 18.9 Å². The Labute approximate surface area is 190 Å². The molecule has 10 nitrogen and oxygen atoms in total. The van der Waals surface area contributed by atoms with E-state index in [9.17, 15) is 14.7 Å². The van der Waals surface area contributed by atoms with Crippen LogP contribution in [0.15, 0.2) is 42.9 Å². The topological polar surface area (TPSA) is 132 Å². The SMILES string of the molecule is COc1ccc(OC)c(-c2ccc(OC)c(C(=O)N[C@@H](Cc3cnc[nH]3)C(=O)O)c2OC)c1. The van der Waals surface area contributed by atoms with Gasteiger partial charge < -0.3 is 34.4 Å². The fourth-order valence-corrected chi connectivity index (χ4v) is 3.45. The number of aliphatic carboxylic acids is 1. The molecule has 1 amide bonds. The number of nitrogens with zero attached hydrogens (tertiary/aromatic N) is 1. The average molecular weight is 455 g/mol. The summed E-state index contributed by atoms with van der Waals surface area (Å²) >= 11 is 0. The Morgan fingerprint density at radius 3 is 2.30 bits per heavy atom. The van der Waals surface area contributed by atoms with Crippen LogP contribution in [0.25, 0.3) is 11.1 Å². The summed E-state index contributed by atoms with van der Waals surface area (Å²) in [4.78, 5) is 31.8. The second kappa shape index (κ2) is 10.4. The molecule has 2 aromatic carbocycles. The fraction of sp³-hybridized carbons (Fsp3) is 0.261. The molecule has 0 fully saturated rings. The highest BCUT2D eigenvalue weighted by atomic mass is 16.5. The third kappa shape index (κ3) is 5.00. The van der Waals surface area contributed by atoms with Gasteiger partial charge in [0.25, 0.3) is 5.91 Å². The lowest BCUT2D eigenvalue weighted by Gasteiger charge is -2.20. The Balaban J connectivity index is 2.08. The Hall–Kier alpha value is -4.21. The van der Waals surface area contributed by atoms with E-state index in [0.29, 0.717) is 28.3 Å². The number of rotatable bonds is 10. The summed E-state index contributed by atoms with van der Waals surface area (Å²) < 4.78 is 21.8. The number of carbonyl (C=O) groups excluding carboxylic acids is 1. The second-order valence-electron chi connectivity index (χ2n) is 6.94. The number of H-pyrrole nitrogens is 1. The predicted molar refractivity (Wildman–Crippen MR) is 119 cm³/mol. The standard InChI is InChI=1S/C23H25N3O7/c1-30-14-5-7-18(31-2)16(10-14)15-6-8-19(32-3)20(21(15)33-4)22(27)26-17(23(28)29)9-13-11-24-12-25-13/h5-8,10-12,17H,9H2,1-4H3,(H,24,25)(H,26,27)(H,28,29)/t17-/m0/s1. The van der Waals surface area contributed by atoms with Crippen molar-refractivity contribution < 1.29 is 33.6 Å². The van der Waals surface area contributed by atoms with Gasteiger partial charge in [0.2, 0.25) is 0 Å². The zero-order valence-electron chi connectivity index (χ0n) is 18.7. The summed E-state index contributed by atoms with van der Waals surface area (Å²) in [5, 5.41) is 12.2. The van der Waals surface area contributed by atoms with Gasteiger partial charge in [0.05, 0.1) is 34.8 Å². The molecule has 0 saturated carbocycles. The highest BCUT2D eigenvalue weighted by Gasteiger charge is 2.28. The molecule has 3 N–H and O–H groups in total. The van der Waals surface area contributed by atoms with Gasteiger partial charge in [-0.05, 0) is 30.3 Å². The minimum atomic E-state index is -1.21. The first-order valence-electron chi connectivity index (χ1n) is 9.91. The highest BCUT2D eigenvalue weighted by molar-refractivity contribution is 6.04. The van der Waals surface area contributed by atoms with E-state index < -0.39 is 17.9 Å². The molecule has 1 aromatic heterocycles. The van der Waals surface area contributed by atoms with E-state index in [1.807, 2.05) is 0 Å². The number of amides is 1. The summed E-state index contributed by atoms with van der Waals surface area (Å²) in [7, 11) is 5.90. The van der Waals surface area contributed by atoms with Crippen molar-refractivity contribution in [2.24, 2.45) is 0 Å². The van der Waals surface area contributed by atoms with Crippen LogP contribution in [0.3, 0.4) is 0 Å². The lowest BCUT2D eigenvalue weighted by molar-refractivity contribution is -0.139. The molecular weight excluding hydrogens is 430 g/mol. The summed E-state index contributed by atoms with van der Waals surface area (Å²) in [6, 6.07) is 7.37. The maximum atomic E-state index is 13.3. The number of aromatic amines is 1. The fourth-order valence-electron chi connectivity index (χ4n) is 3.45. The third-order valence-electron chi connectivity index (χ3n) is 5.05. The van der Waals surface area contributed by atoms with Crippen molar-refractivity contribution in [3.63, 3.8) is 0 Å². The van der Waals surface area contributed by atoms with Crippen LogP contribution in [0, 0.1) is 0 Å². The van der Waals surface area contributed by atoms with E-state index in [1.165, 1.54) is 33.9 Å². The first-order valence-corrected chi connectivity index (χ1v) is 9.91. The first-order chi connectivity index (χ1) is 15.9. The number of hydrogen-bond acceptors (Lipinski definition) is 7. The second-order valence-corrected chi connectivity index (χ2v) is 6.94. The molecule has 0 unspecified atom stereocenters. The van der Waals surface area contributed by atoms with Gasteiger partial charge in [0, 0.05) is 29.4 Å². The van der Waals surface area contributed by atoms with Crippen molar-refractivity contribution in [3.8, 4) is 34.1 Å². The molecule has 10 heteroatoms. The number of aromatic nitrogens is 2. The minimum Gasteiger partial charge on any atom is -0.497 e. The zero-order chi connectivity index (χ0) is 24.0. The first kappa shape index (κ1) is 23.5. The van der Waals surface area contributed by atoms with E-state index >= 15 is 0 Å². The smallest absolute Gasteiger partial charge is 0.326 e. The Kier molecular flexibility index (Phi) is 7.39. The van der Waals surface area contributed by atoms with Gasteiger partial charge in [-0.3, -0.25) is 4.79 Å². The predicted octanol–water partition coefficient (Wildman–Crippen LogP) is 2.54. The average Bonchev–Trinajstić information content (AvgIpc) is 3.35. The van der Waals surface area contributed by atoms with Crippen LogP contribution in [0.4, 0.5) is 0 Å². The molecule has 174 valence electrons. The Morgan fingerprint density at radius 1 is 1.00 bits per heavy atom. The lowest BCUT2D eigenvalue weighted by atomic mass is 9.98. The summed E-state index contributed by atoms with van der Waals surface area (Å²) in [5.74, 6) is -0.320. The van der Waals surface area contributed by atoms with Gasteiger partial charge in [-0.1, -0.05) is 0 Å². The van der Waals surface area contributed by atoms with Crippen LogP contribution in [0.5, 0.6) is 23.0 Å². The monoisotopic (exact) mass is 455 g/mol. The van der Waals surface area contributed by atoms with Crippen LogP contribution in [-0.4, -0.2) is 61.4 Å². The molecule has 0 spiro atoms. The van der Waals surface area contributed by atoms with Gasteiger partial charge in [-0.2, -0.15) is 0 Å². The zero-order valence-corrected chi connectivity index (χ0v) is 18.7. The summed E-state index contributed by atoms with van der Waals surface area (Å²) in [5.41, 5.74) is 1.78. The van der Waals surface area contributed by atoms with Crippen LogP contribution in [0.1, 0.15) is 16.1 Å². The van der Waals surface area contributed by atoms with Gasteiger partial charge in [0.1, 0.15) is 34.6 Å². The molecule has 0 aliphatic rings. The molecule has 3 aromatic rings. The van der Waals surface area contributed by atoms with Crippen molar-refractivity contribution >= 4 is 11.9 Å². The van der Waals surface area contributed by atoms with Gasteiger partial charge in [-0.25, -0.2) is 9.78 Å². The number of methoxy groups -OCH3 is 4. The number of carboxylic acids is 1. The molecule has 3 rings (SSSR count). The third-order valence-corrected chi connectivity index (χ3v) is 5.05. The van der Waals surface area contributed by atoms with Crippen LogP contribution < -0.4 is 24.3 Å². The van der Waals surface area contributed by atoms with Crippen molar-refractivity contribution in [2.75, 3.05) is 28.4 Å². The number of carbonyl (C=O) groups is 2. The van der Waals surface area contributed by atoms with Crippen LogP contribution in [-0.2, 0) is 11.2 Å². The van der Waals surface area contributed by atoms with E-state index in [1.54, 1.807) is 37.4 Å². The van der Waals surface area contributed by atoms with Crippen molar-refractivity contribution in [2.45, 2.75) is 12.5 Å². The maximum Gasteiger partial charge on any atom is 0.326 e. The molecule has 0 bridgehead atoms. The van der Waals surface area contributed by atoms with E-state index in [2.05, 4.69) is 15.3 Å². The normalized spacial score (nSPS) is 11.4. The molecule has 33 heavy (non-hydrogen) atoms. The van der Waals surface area contributed by atoms with Crippen LogP contribution in [0.2, 0.25) is 0 Å². The summed E-state index contributed by atoms with van der Waals surface area (Å²) in [6.45, 7) is 0. The molecule has 1 atom stereocenters. The van der Waals surface area contributed by atoms with Crippen molar-refractivity contribution in [1.29, 1.82) is 0 Å². The largest absolute Gasteiger partial charge is 0.497 e. The molecule has 0 aliphatic heterocycles. The van der Waals surface area contributed by atoms with Gasteiger partial charge >= 0.3 is 5.97 Å². The number of nitrogens with one attached hydrogen (secondary N) is 2. The number of hydrogen-bond donors (Lipinski definition) is 3. The number of imidazole rings is 1. The maximum absolute atomic E-state index is 13.3. The van der Waals surface area contributed by atoms with Crippen LogP contribution >= 0.6 is 0 Å². The van der Waals surface area contributed by atoms with Crippen molar-refractivity contribution in [3.05, 3.63) is 54.1 Å². The molecular formula is C23H25N3O7. The van der Waals surface area contributed by atoms with Gasteiger partial charge in [0.15, 0.2) is 0 Å². The van der Waals surface area contributed by atoms with E-state index in [-0.39, 0.29) is 23.5 Å². The lowest BCUT2D eigenvalue weighted by Crippen LogP contribution is -2.42. The molecule has 0 radical (unpaired) electrons. The molecule has 1 heterocycles. The number of carboxylic acid groups (broad SMARTS) is 1. The quantitative estimate of drug-likeness (QED) is 0.425. The Bertz CT molecular complexity index is 1130. The number of benzene rings is 2. The Morgan fingerprint density at radius 2 is 1.73 bits per heavy atom. The number of ether oxygens (including phenoxy) is 4. The molecule has 0 aliphatic carbocycles. The molecule has 0 saturated heterocycles. The minimum absolute atomic E-state index is 0.0229. The van der Waals surface area contributed by atoms with Crippen molar-refractivity contribution in [1.82, 2.24) is 15.3 Å². The summed E-state index contributed by atoms with van der Waals surface area (Å²) in [6.07, 6.45) is 2.96. The van der Waals surface area contributed by atoms with Gasteiger partial charge in [-0.15, -0.1) is 0 Å².